The molecule has 4 rings (SSSR count). The molecular formula is C19H17N7OS. The van der Waals surface area contributed by atoms with Gasteiger partial charge in [-0.2, -0.15) is 10.2 Å². The minimum Gasteiger partial charge on any atom is -0.288 e. The summed E-state index contributed by atoms with van der Waals surface area (Å²) in [4.78, 5) is 15.2. The van der Waals surface area contributed by atoms with E-state index in [1.807, 2.05) is 46.6 Å². The minimum atomic E-state index is -0.303. The molecule has 3 aromatic heterocycles. The molecule has 0 unspecified atom stereocenters. The number of aromatic amines is 1. The van der Waals surface area contributed by atoms with E-state index < -0.39 is 0 Å². The van der Waals surface area contributed by atoms with Gasteiger partial charge in [-0.25, -0.2) is 5.43 Å². The van der Waals surface area contributed by atoms with Crippen molar-refractivity contribution in [3.63, 3.8) is 0 Å². The largest absolute Gasteiger partial charge is 0.288 e. The fourth-order valence-electron chi connectivity index (χ4n) is 2.59. The molecule has 0 aliphatic rings. The van der Waals surface area contributed by atoms with E-state index >= 15 is 0 Å². The summed E-state index contributed by atoms with van der Waals surface area (Å²) >= 11 is 1.62. The van der Waals surface area contributed by atoms with E-state index in [-0.39, 0.29) is 11.5 Å². The Hall–Kier alpha value is -3.59. The standard InChI is InChI=1S/C19H17N7OS/c1-13-18(27)21-19(24-22-13)23-20-10-15-12-26(11-14-6-3-2-4-7-14)25-17(15)16-8-5-9-28-16/h2-10,12H,11H2,1H3,(H2,21,23,24,27)/b20-10-. The molecule has 0 atom stereocenters. The number of H-pyrrole nitrogens is 1. The quantitative estimate of drug-likeness (QED) is 0.389. The number of nitrogens with zero attached hydrogens (tertiary/aromatic N) is 5. The number of nitrogens with one attached hydrogen (secondary N) is 2. The maximum atomic E-state index is 11.6. The van der Waals surface area contributed by atoms with E-state index in [4.69, 9.17) is 5.10 Å². The molecule has 0 saturated carbocycles. The Bertz CT molecular complexity index is 1150. The van der Waals surface area contributed by atoms with Gasteiger partial charge in [0.05, 0.1) is 17.6 Å². The number of rotatable bonds is 6. The Labute approximate surface area is 164 Å². The summed E-state index contributed by atoms with van der Waals surface area (Å²) in [6, 6.07) is 14.1. The second kappa shape index (κ2) is 7.97. The molecular weight excluding hydrogens is 374 g/mol. The van der Waals surface area contributed by atoms with Crippen LogP contribution in [0.15, 0.2) is 63.9 Å². The van der Waals surface area contributed by atoms with Crippen molar-refractivity contribution >= 4 is 23.5 Å². The molecule has 2 N–H and O–H groups in total. The van der Waals surface area contributed by atoms with Crippen LogP contribution in [0, 0.1) is 6.92 Å². The number of hydrogen-bond donors (Lipinski definition) is 2. The number of hydrogen-bond acceptors (Lipinski definition) is 7. The van der Waals surface area contributed by atoms with Gasteiger partial charge in [-0.3, -0.25) is 14.5 Å². The van der Waals surface area contributed by atoms with Gasteiger partial charge in [0.2, 0.25) is 5.95 Å². The third-order valence-electron chi connectivity index (χ3n) is 3.97. The van der Waals surface area contributed by atoms with Crippen molar-refractivity contribution in [3.8, 4) is 10.6 Å². The topological polar surface area (TPSA) is 101 Å². The third-order valence-corrected chi connectivity index (χ3v) is 4.84. The van der Waals surface area contributed by atoms with E-state index in [0.29, 0.717) is 12.2 Å². The normalized spacial score (nSPS) is 11.2. The van der Waals surface area contributed by atoms with Crippen LogP contribution in [0.5, 0.6) is 0 Å². The van der Waals surface area contributed by atoms with Gasteiger partial charge in [0, 0.05) is 11.8 Å². The average Bonchev–Trinajstić information content (AvgIpc) is 3.35. The molecule has 1 aromatic carbocycles. The van der Waals surface area contributed by atoms with Crippen LogP contribution in [0.25, 0.3) is 10.6 Å². The summed E-state index contributed by atoms with van der Waals surface area (Å²) < 4.78 is 1.89. The van der Waals surface area contributed by atoms with Crippen molar-refractivity contribution in [1.82, 2.24) is 25.0 Å². The zero-order chi connectivity index (χ0) is 19.3. The van der Waals surface area contributed by atoms with Gasteiger partial charge >= 0.3 is 0 Å². The predicted molar refractivity (Wildman–Crippen MR) is 110 cm³/mol. The Balaban J connectivity index is 1.59. The van der Waals surface area contributed by atoms with Gasteiger partial charge in [0.1, 0.15) is 11.4 Å². The molecule has 0 bridgehead atoms. The average molecular weight is 391 g/mol. The van der Waals surface area contributed by atoms with E-state index in [0.717, 1.165) is 21.7 Å². The molecule has 0 saturated heterocycles. The maximum Gasteiger partial charge on any atom is 0.274 e. The SMILES string of the molecule is Cc1nnc(N/N=C\c2cn(Cc3ccccc3)nc2-c2cccs2)[nH]c1=O. The number of anilines is 1. The molecule has 9 heteroatoms. The summed E-state index contributed by atoms with van der Waals surface area (Å²) in [7, 11) is 0. The molecule has 0 amide bonds. The van der Waals surface area contributed by atoms with Gasteiger partial charge in [-0.1, -0.05) is 36.4 Å². The number of hydrazone groups is 1. The highest BCUT2D eigenvalue weighted by molar-refractivity contribution is 7.13. The van der Waals surface area contributed by atoms with Gasteiger partial charge in [-0.05, 0) is 23.9 Å². The second-order valence-corrected chi connectivity index (χ2v) is 7.00. The first-order valence-electron chi connectivity index (χ1n) is 8.57. The predicted octanol–water partition coefficient (Wildman–Crippen LogP) is 2.89. The molecule has 0 fully saturated rings. The number of benzene rings is 1. The lowest BCUT2D eigenvalue weighted by Crippen LogP contribution is -2.15. The number of aryl methyl sites for hydroxylation is 1. The van der Waals surface area contributed by atoms with Crippen molar-refractivity contribution in [2.75, 3.05) is 5.43 Å². The highest BCUT2D eigenvalue weighted by Crippen LogP contribution is 2.26. The van der Waals surface area contributed by atoms with Crippen LogP contribution >= 0.6 is 11.3 Å². The fraction of sp³-hybridized carbons (Fsp3) is 0.105. The Kier molecular flexibility index (Phi) is 5.07. The lowest BCUT2D eigenvalue weighted by molar-refractivity contribution is 0.689. The lowest BCUT2D eigenvalue weighted by atomic mass is 10.2. The van der Waals surface area contributed by atoms with Crippen LogP contribution in [0.1, 0.15) is 16.8 Å². The summed E-state index contributed by atoms with van der Waals surface area (Å²) in [5.74, 6) is 0.182. The van der Waals surface area contributed by atoms with Gasteiger partial charge in [0.15, 0.2) is 0 Å². The van der Waals surface area contributed by atoms with E-state index in [1.54, 1.807) is 24.5 Å². The van der Waals surface area contributed by atoms with Gasteiger partial charge < -0.3 is 0 Å². The van der Waals surface area contributed by atoms with E-state index in [9.17, 15) is 4.79 Å². The molecule has 28 heavy (non-hydrogen) atoms. The molecule has 0 aliphatic heterocycles. The molecule has 0 radical (unpaired) electrons. The number of aromatic nitrogens is 5. The van der Waals surface area contributed by atoms with E-state index in [1.165, 1.54) is 0 Å². The van der Waals surface area contributed by atoms with Crippen LogP contribution in [-0.2, 0) is 6.54 Å². The zero-order valence-corrected chi connectivity index (χ0v) is 15.8. The molecule has 3 heterocycles. The first-order valence-corrected chi connectivity index (χ1v) is 9.45. The van der Waals surface area contributed by atoms with Gasteiger partial charge in [0.25, 0.3) is 5.56 Å². The van der Waals surface area contributed by atoms with Crippen LogP contribution in [-0.4, -0.2) is 31.2 Å². The zero-order valence-electron chi connectivity index (χ0n) is 15.0. The van der Waals surface area contributed by atoms with Crippen LogP contribution in [0.4, 0.5) is 5.95 Å². The first kappa shape index (κ1) is 17.8. The smallest absolute Gasteiger partial charge is 0.274 e. The number of thiophene rings is 1. The van der Waals surface area contributed by atoms with Crippen molar-refractivity contribution in [3.05, 3.63) is 81.2 Å². The summed E-state index contributed by atoms with van der Waals surface area (Å²) in [6.45, 7) is 2.25. The van der Waals surface area contributed by atoms with Crippen LogP contribution in [0.2, 0.25) is 0 Å². The monoisotopic (exact) mass is 391 g/mol. The summed E-state index contributed by atoms with van der Waals surface area (Å²) in [6.07, 6.45) is 3.60. The molecule has 4 aromatic rings. The molecule has 0 aliphatic carbocycles. The lowest BCUT2D eigenvalue weighted by Gasteiger charge is -2.00. The second-order valence-electron chi connectivity index (χ2n) is 6.05. The third kappa shape index (κ3) is 4.04. The molecule has 8 nitrogen and oxygen atoms in total. The highest BCUT2D eigenvalue weighted by atomic mass is 32.1. The summed E-state index contributed by atoms with van der Waals surface area (Å²) in [5.41, 5.74) is 5.56. The van der Waals surface area contributed by atoms with Crippen molar-refractivity contribution in [2.45, 2.75) is 13.5 Å². The first-order chi connectivity index (χ1) is 13.7. The fourth-order valence-corrected chi connectivity index (χ4v) is 3.33. The van der Waals surface area contributed by atoms with Crippen molar-refractivity contribution in [2.24, 2.45) is 5.10 Å². The molecule has 0 spiro atoms. The van der Waals surface area contributed by atoms with Crippen molar-refractivity contribution in [1.29, 1.82) is 0 Å². The summed E-state index contributed by atoms with van der Waals surface area (Å²) in [5, 5.41) is 18.5. The van der Waals surface area contributed by atoms with E-state index in [2.05, 4.69) is 37.8 Å². The Morgan fingerprint density at radius 1 is 1.21 bits per heavy atom. The van der Waals surface area contributed by atoms with Gasteiger partial charge in [-0.15, -0.1) is 21.5 Å². The maximum absolute atomic E-state index is 11.6. The highest BCUT2D eigenvalue weighted by Gasteiger charge is 2.11. The van der Waals surface area contributed by atoms with Crippen LogP contribution in [0.3, 0.4) is 0 Å². The molecule has 140 valence electrons. The van der Waals surface area contributed by atoms with Crippen molar-refractivity contribution < 1.29 is 0 Å². The van der Waals surface area contributed by atoms with Crippen LogP contribution < -0.4 is 11.0 Å². The Morgan fingerprint density at radius 2 is 2.07 bits per heavy atom. The minimum absolute atomic E-state index is 0.182. The Morgan fingerprint density at radius 3 is 2.82 bits per heavy atom.